The molecular formula is C18H19ClN2O4. The second-order valence-corrected chi connectivity index (χ2v) is 5.73. The van der Waals surface area contributed by atoms with Crippen molar-refractivity contribution in [2.24, 2.45) is 0 Å². The molecule has 0 aromatic heterocycles. The highest BCUT2D eigenvalue weighted by atomic mass is 35.5. The summed E-state index contributed by atoms with van der Waals surface area (Å²) >= 11 is 5.92. The van der Waals surface area contributed by atoms with Crippen molar-refractivity contribution < 1.29 is 19.1 Å². The fraction of sp³-hybridized carbons (Fsp3) is 0.222. The topological polar surface area (TPSA) is 67.9 Å². The monoisotopic (exact) mass is 362 g/mol. The predicted molar refractivity (Wildman–Crippen MR) is 95.9 cm³/mol. The summed E-state index contributed by atoms with van der Waals surface area (Å²) in [6.45, 7) is -0.0168. The largest absolute Gasteiger partial charge is 0.495 e. The van der Waals surface area contributed by atoms with Crippen LogP contribution in [0.4, 0.5) is 10.5 Å². The van der Waals surface area contributed by atoms with E-state index < -0.39 is 6.09 Å². The van der Waals surface area contributed by atoms with Crippen molar-refractivity contribution >= 4 is 29.3 Å². The fourth-order valence-electron chi connectivity index (χ4n) is 2.08. The Balaban J connectivity index is 1.87. The third-order valence-corrected chi connectivity index (χ3v) is 3.57. The van der Waals surface area contributed by atoms with E-state index >= 15 is 0 Å². The van der Waals surface area contributed by atoms with E-state index in [1.54, 1.807) is 18.2 Å². The lowest BCUT2D eigenvalue weighted by molar-refractivity contribution is -0.116. The average Bonchev–Trinajstić information content (AvgIpc) is 2.60. The molecular weight excluding hydrogens is 344 g/mol. The molecule has 2 rings (SSSR count). The highest BCUT2D eigenvalue weighted by molar-refractivity contribution is 6.31. The van der Waals surface area contributed by atoms with E-state index in [1.165, 1.54) is 19.1 Å². The van der Waals surface area contributed by atoms with Gasteiger partial charge in [0.2, 0.25) is 5.91 Å². The van der Waals surface area contributed by atoms with E-state index in [-0.39, 0.29) is 19.1 Å². The first kappa shape index (κ1) is 18.6. The van der Waals surface area contributed by atoms with Gasteiger partial charge in [-0.15, -0.1) is 0 Å². The molecule has 0 fully saturated rings. The van der Waals surface area contributed by atoms with Gasteiger partial charge in [0, 0.05) is 12.1 Å². The fourth-order valence-corrected chi connectivity index (χ4v) is 2.25. The molecule has 0 heterocycles. The number of ether oxygens (including phenoxy) is 2. The lowest BCUT2D eigenvalue weighted by atomic mass is 10.2. The van der Waals surface area contributed by atoms with Gasteiger partial charge >= 0.3 is 6.09 Å². The second kappa shape index (κ2) is 8.94. The Labute approximate surface area is 151 Å². The number of carbonyl (C=O) groups is 2. The van der Waals surface area contributed by atoms with E-state index in [2.05, 4.69) is 5.32 Å². The number of halogens is 1. The molecule has 0 radical (unpaired) electrons. The van der Waals surface area contributed by atoms with Gasteiger partial charge < -0.3 is 19.7 Å². The van der Waals surface area contributed by atoms with Crippen LogP contribution in [0.5, 0.6) is 5.75 Å². The first-order valence-electron chi connectivity index (χ1n) is 7.55. The molecule has 132 valence electrons. The molecule has 0 spiro atoms. The highest BCUT2D eigenvalue weighted by Crippen LogP contribution is 2.27. The molecule has 0 aliphatic carbocycles. The number of rotatable bonds is 6. The summed E-state index contributed by atoms with van der Waals surface area (Å²) < 4.78 is 10.3. The Morgan fingerprint density at radius 1 is 1.16 bits per heavy atom. The van der Waals surface area contributed by atoms with Gasteiger partial charge in [-0.1, -0.05) is 41.9 Å². The minimum absolute atomic E-state index is 0.147. The SMILES string of the molecule is COc1ccc(Cl)cc1NC(=O)CN(C)C(=O)OCc1ccccc1. The maximum atomic E-state index is 12.1. The first-order chi connectivity index (χ1) is 12.0. The molecule has 0 atom stereocenters. The van der Waals surface area contributed by atoms with E-state index in [1.807, 2.05) is 30.3 Å². The second-order valence-electron chi connectivity index (χ2n) is 5.29. The minimum atomic E-state index is -0.586. The summed E-state index contributed by atoms with van der Waals surface area (Å²) in [6, 6.07) is 14.2. The molecule has 6 nitrogen and oxygen atoms in total. The third kappa shape index (κ3) is 5.69. The molecule has 0 aliphatic rings. The van der Waals surface area contributed by atoms with Crippen LogP contribution in [-0.4, -0.2) is 37.6 Å². The van der Waals surface area contributed by atoms with Gasteiger partial charge in [-0.3, -0.25) is 4.79 Å². The van der Waals surface area contributed by atoms with Crippen molar-refractivity contribution in [3.8, 4) is 5.75 Å². The van der Waals surface area contributed by atoms with Gasteiger partial charge in [-0.25, -0.2) is 4.79 Å². The van der Waals surface area contributed by atoms with Crippen LogP contribution in [0.15, 0.2) is 48.5 Å². The van der Waals surface area contributed by atoms with Crippen molar-refractivity contribution in [1.82, 2.24) is 4.90 Å². The Hall–Kier alpha value is -2.73. The van der Waals surface area contributed by atoms with Crippen molar-refractivity contribution in [3.05, 3.63) is 59.1 Å². The number of amides is 2. The predicted octanol–water partition coefficient (Wildman–Crippen LogP) is 3.56. The summed E-state index contributed by atoms with van der Waals surface area (Å²) in [5.41, 5.74) is 1.31. The van der Waals surface area contributed by atoms with E-state index in [0.29, 0.717) is 16.5 Å². The van der Waals surface area contributed by atoms with Crippen LogP contribution in [-0.2, 0) is 16.1 Å². The van der Waals surface area contributed by atoms with E-state index in [0.717, 1.165) is 5.56 Å². The van der Waals surface area contributed by atoms with Crippen LogP contribution >= 0.6 is 11.6 Å². The number of hydrogen-bond acceptors (Lipinski definition) is 4. The quantitative estimate of drug-likeness (QED) is 0.853. The van der Waals surface area contributed by atoms with Crippen LogP contribution in [0, 0.1) is 0 Å². The van der Waals surface area contributed by atoms with Crippen molar-refractivity contribution in [3.63, 3.8) is 0 Å². The van der Waals surface area contributed by atoms with Crippen LogP contribution < -0.4 is 10.1 Å². The van der Waals surface area contributed by atoms with Crippen molar-refractivity contribution in [2.45, 2.75) is 6.61 Å². The first-order valence-corrected chi connectivity index (χ1v) is 7.92. The zero-order chi connectivity index (χ0) is 18.2. The zero-order valence-corrected chi connectivity index (χ0v) is 14.7. The molecule has 2 aromatic carbocycles. The summed E-state index contributed by atoms with van der Waals surface area (Å²) in [7, 11) is 2.98. The number of carbonyl (C=O) groups excluding carboxylic acids is 2. The van der Waals surface area contributed by atoms with Gasteiger partial charge in [-0.05, 0) is 23.8 Å². The van der Waals surface area contributed by atoms with Gasteiger partial charge in [0.25, 0.3) is 0 Å². The van der Waals surface area contributed by atoms with E-state index in [4.69, 9.17) is 21.1 Å². The number of hydrogen-bond donors (Lipinski definition) is 1. The van der Waals surface area contributed by atoms with Gasteiger partial charge in [-0.2, -0.15) is 0 Å². The molecule has 0 saturated carbocycles. The molecule has 7 heteroatoms. The number of nitrogens with zero attached hydrogens (tertiary/aromatic N) is 1. The smallest absolute Gasteiger partial charge is 0.410 e. The maximum absolute atomic E-state index is 12.1. The normalized spacial score (nSPS) is 10.0. The Bertz CT molecular complexity index is 737. The number of anilines is 1. The molecule has 0 saturated heterocycles. The molecule has 2 aromatic rings. The highest BCUT2D eigenvalue weighted by Gasteiger charge is 2.16. The molecule has 1 N–H and O–H groups in total. The van der Waals surface area contributed by atoms with Gasteiger partial charge in [0.05, 0.1) is 12.8 Å². The number of likely N-dealkylation sites (N-methyl/N-ethyl adjacent to an activating group) is 1. The standard InChI is InChI=1S/C18H19ClN2O4/c1-21(18(23)25-12-13-6-4-3-5-7-13)11-17(22)20-15-10-14(19)8-9-16(15)24-2/h3-10H,11-12H2,1-2H3,(H,20,22). The molecule has 0 aliphatic heterocycles. The Morgan fingerprint density at radius 2 is 1.88 bits per heavy atom. The van der Waals surface area contributed by atoms with Gasteiger partial charge in [0.1, 0.15) is 18.9 Å². The average molecular weight is 363 g/mol. The zero-order valence-electron chi connectivity index (χ0n) is 14.0. The van der Waals surface area contributed by atoms with Crippen molar-refractivity contribution in [1.29, 1.82) is 0 Å². The van der Waals surface area contributed by atoms with Crippen LogP contribution in [0.3, 0.4) is 0 Å². The van der Waals surface area contributed by atoms with Crippen LogP contribution in [0.1, 0.15) is 5.56 Å². The summed E-state index contributed by atoms with van der Waals surface area (Å²) in [6.07, 6.45) is -0.586. The Kier molecular flexibility index (Phi) is 6.65. The van der Waals surface area contributed by atoms with E-state index in [9.17, 15) is 9.59 Å². The summed E-state index contributed by atoms with van der Waals surface area (Å²) in [5.74, 6) is 0.0896. The Morgan fingerprint density at radius 3 is 2.56 bits per heavy atom. The molecule has 2 amide bonds. The summed E-state index contributed by atoms with van der Waals surface area (Å²) in [5, 5.41) is 3.13. The van der Waals surface area contributed by atoms with Crippen LogP contribution in [0.2, 0.25) is 5.02 Å². The maximum Gasteiger partial charge on any atom is 0.410 e. The molecule has 0 bridgehead atoms. The van der Waals surface area contributed by atoms with Crippen molar-refractivity contribution in [2.75, 3.05) is 26.0 Å². The minimum Gasteiger partial charge on any atom is -0.495 e. The number of methoxy groups -OCH3 is 1. The van der Waals surface area contributed by atoms with Crippen LogP contribution in [0.25, 0.3) is 0 Å². The lowest BCUT2D eigenvalue weighted by Gasteiger charge is -2.17. The molecule has 0 unspecified atom stereocenters. The number of nitrogens with one attached hydrogen (secondary N) is 1. The number of benzene rings is 2. The summed E-state index contributed by atoms with van der Waals surface area (Å²) in [4.78, 5) is 25.3. The van der Waals surface area contributed by atoms with Gasteiger partial charge in [0.15, 0.2) is 0 Å². The lowest BCUT2D eigenvalue weighted by Crippen LogP contribution is -2.35. The molecule has 25 heavy (non-hydrogen) atoms. The third-order valence-electron chi connectivity index (χ3n) is 3.33.